The number of nitrogens with one attached hydrogen (secondary N) is 1. The number of hydrogen-bond donors (Lipinski definition) is 1. The van der Waals surface area contributed by atoms with Gasteiger partial charge in [-0.05, 0) is 35.4 Å². The number of benzene rings is 3. The Labute approximate surface area is 167 Å². The molecular weight excluding hydrogens is 366 g/mol. The minimum atomic E-state index is -0.664. The second-order valence-electron chi connectivity index (χ2n) is 6.58. The maximum Gasteiger partial charge on any atom is 0.349 e. The van der Waals surface area contributed by atoms with Gasteiger partial charge in [-0.15, -0.1) is 0 Å². The van der Waals surface area contributed by atoms with E-state index < -0.39 is 17.6 Å². The van der Waals surface area contributed by atoms with Gasteiger partial charge < -0.3 is 14.5 Å². The highest BCUT2D eigenvalue weighted by Gasteiger charge is 2.21. The van der Waals surface area contributed by atoms with Crippen molar-refractivity contribution >= 4 is 16.9 Å². The van der Waals surface area contributed by atoms with Crippen LogP contribution in [-0.2, 0) is 0 Å². The fourth-order valence-electron chi connectivity index (χ4n) is 3.23. The van der Waals surface area contributed by atoms with E-state index in [9.17, 15) is 9.59 Å². The molecule has 1 amide bonds. The minimum absolute atomic E-state index is 0.0295. The van der Waals surface area contributed by atoms with Gasteiger partial charge in [-0.2, -0.15) is 0 Å². The number of hydrogen-bond acceptors (Lipinski definition) is 4. The van der Waals surface area contributed by atoms with E-state index in [2.05, 4.69) is 5.32 Å². The molecule has 0 radical (unpaired) electrons. The van der Waals surface area contributed by atoms with Crippen molar-refractivity contribution in [3.63, 3.8) is 0 Å². The summed E-state index contributed by atoms with van der Waals surface area (Å²) in [5.41, 5.74) is 1.52. The Balaban J connectivity index is 1.71. The SMILES string of the molecule is COc1ccc(C(NC(=O)c2cc3ccccc3oc2=O)c2ccccc2)cc1. The summed E-state index contributed by atoms with van der Waals surface area (Å²) in [5, 5.41) is 3.66. The van der Waals surface area contributed by atoms with Gasteiger partial charge in [-0.1, -0.05) is 60.7 Å². The lowest BCUT2D eigenvalue weighted by Crippen LogP contribution is -2.32. The zero-order valence-electron chi connectivity index (χ0n) is 15.8. The van der Waals surface area contributed by atoms with Crippen LogP contribution in [0.25, 0.3) is 11.0 Å². The third-order valence-electron chi connectivity index (χ3n) is 4.74. The molecule has 4 aromatic rings. The summed E-state index contributed by atoms with van der Waals surface area (Å²) in [6, 6.07) is 25.3. The van der Waals surface area contributed by atoms with Gasteiger partial charge >= 0.3 is 5.63 Å². The first-order valence-corrected chi connectivity index (χ1v) is 9.18. The predicted molar refractivity (Wildman–Crippen MR) is 111 cm³/mol. The Kier molecular flexibility index (Phi) is 5.12. The van der Waals surface area contributed by atoms with Crippen LogP contribution < -0.4 is 15.7 Å². The molecule has 5 nitrogen and oxygen atoms in total. The first-order chi connectivity index (χ1) is 14.2. The van der Waals surface area contributed by atoms with Gasteiger partial charge in [-0.25, -0.2) is 4.79 Å². The van der Waals surface area contributed by atoms with Crippen LogP contribution in [0.2, 0.25) is 0 Å². The standard InChI is InChI=1S/C24H19NO4/c1-28-19-13-11-17(12-14-19)22(16-7-3-2-4-8-16)25-23(26)20-15-18-9-5-6-10-21(18)29-24(20)27/h2-15,22H,1H3,(H,25,26). The monoisotopic (exact) mass is 385 g/mol. The minimum Gasteiger partial charge on any atom is -0.497 e. The highest BCUT2D eigenvalue weighted by Crippen LogP contribution is 2.24. The molecule has 0 aliphatic heterocycles. The molecule has 3 aromatic carbocycles. The fraction of sp³-hybridized carbons (Fsp3) is 0.0833. The van der Waals surface area contributed by atoms with Crippen LogP contribution in [0, 0.1) is 0 Å². The number of rotatable bonds is 5. The number of amides is 1. The summed E-state index contributed by atoms with van der Waals surface area (Å²) in [6.07, 6.45) is 0. The molecule has 144 valence electrons. The lowest BCUT2D eigenvalue weighted by molar-refractivity contribution is 0.0939. The molecule has 1 aromatic heterocycles. The molecule has 1 N–H and O–H groups in total. The first kappa shape index (κ1) is 18.5. The Morgan fingerprint density at radius 2 is 1.55 bits per heavy atom. The van der Waals surface area contributed by atoms with E-state index in [0.717, 1.165) is 16.9 Å². The maximum absolute atomic E-state index is 13.0. The molecule has 0 fully saturated rings. The zero-order chi connectivity index (χ0) is 20.2. The lowest BCUT2D eigenvalue weighted by atomic mass is 9.98. The molecule has 1 unspecified atom stereocenters. The summed E-state index contributed by atoms with van der Waals surface area (Å²) in [4.78, 5) is 25.4. The Morgan fingerprint density at radius 1 is 0.897 bits per heavy atom. The van der Waals surface area contributed by atoms with Gasteiger partial charge in [0.25, 0.3) is 5.91 Å². The van der Waals surface area contributed by atoms with Crippen molar-refractivity contribution in [1.82, 2.24) is 5.32 Å². The van der Waals surface area contributed by atoms with Crippen LogP contribution in [0.5, 0.6) is 5.75 Å². The van der Waals surface area contributed by atoms with Crippen LogP contribution in [0.15, 0.2) is 94.1 Å². The molecule has 0 spiro atoms. The summed E-state index contributed by atoms with van der Waals surface area (Å²) in [6.45, 7) is 0. The van der Waals surface area contributed by atoms with Gasteiger partial charge in [-0.3, -0.25) is 4.79 Å². The number of carbonyl (C=O) groups is 1. The van der Waals surface area contributed by atoms with Gasteiger partial charge in [0.05, 0.1) is 13.2 Å². The first-order valence-electron chi connectivity index (χ1n) is 9.18. The predicted octanol–water partition coefficient (Wildman–Crippen LogP) is 4.32. The van der Waals surface area contributed by atoms with Crippen LogP contribution >= 0.6 is 0 Å². The molecule has 5 heteroatoms. The van der Waals surface area contributed by atoms with E-state index in [1.165, 1.54) is 0 Å². The van der Waals surface area contributed by atoms with Crippen molar-refractivity contribution in [1.29, 1.82) is 0 Å². The van der Waals surface area contributed by atoms with Crippen molar-refractivity contribution < 1.29 is 13.9 Å². The average Bonchev–Trinajstić information content (AvgIpc) is 2.77. The summed E-state index contributed by atoms with van der Waals surface area (Å²) >= 11 is 0. The van der Waals surface area contributed by atoms with Gasteiger partial charge in [0.1, 0.15) is 16.9 Å². The van der Waals surface area contributed by atoms with Crippen LogP contribution in [0.3, 0.4) is 0 Å². The fourth-order valence-corrected chi connectivity index (χ4v) is 3.23. The maximum atomic E-state index is 13.0. The van der Waals surface area contributed by atoms with E-state index in [1.54, 1.807) is 31.4 Å². The molecule has 4 rings (SSSR count). The lowest BCUT2D eigenvalue weighted by Gasteiger charge is -2.20. The molecule has 0 bridgehead atoms. The van der Waals surface area contributed by atoms with E-state index >= 15 is 0 Å². The molecule has 1 atom stereocenters. The molecule has 29 heavy (non-hydrogen) atoms. The van der Waals surface area contributed by atoms with Crippen molar-refractivity contribution in [2.24, 2.45) is 0 Å². The van der Waals surface area contributed by atoms with Crippen molar-refractivity contribution in [3.8, 4) is 5.75 Å². The highest BCUT2D eigenvalue weighted by molar-refractivity contribution is 5.97. The molecule has 0 aliphatic carbocycles. The van der Waals surface area contributed by atoms with E-state index in [-0.39, 0.29) is 5.56 Å². The van der Waals surface area contributed by atoms with E-state index in [4.69, 9.17) is 9.15 Å². The third-order valence-corrected chi connectivity index (χ3v) is 4.74. The molecule has 0 saturated heterocycles. The average molecular weight is 385 g/mol. The van der Waals surface area contributed by atoms with Gasteiger partial charge in [0.2, 0.25) is 0 Å². The summed E-state index contributed by atoms with van der Waals surface area (Å²) in [5.74, 6) is 0.233. The quantitative estimate of drug-likeness (QED) is 0.520. The highest BCUT2D eigenvalue weighted by atomic mass is 16.5. The molecule has 0 saturated carbocycles. The van der Waals surface area contributed by atoms with Crippen LogP contribution in [-0.4, -0.2) is 13.0 Å². The summed E-state index contributed by atoms with van der Waals surface area (Å²) in [7, 11) is 1.60. The second kappa shape index (κ2) is 8.02. The van der Waals surface area contributed by atoms with Crippen LogP contribution in [0.1, 0.15) is 27.5 Å². The summed E-state index contributed by atoms with van der Waals surface area (Å²) < 4.78 is 10.5. The number of carbonyl (C=O) groups excluding carboxylic acids is 1. The normalized spacial score (nSPS) is 11.8. The Morgan fingerprint density at radius 3 is 2.28 bits per heavy atom. The number of para-hydroxylation sites is 1. The largest absolute Gasteiger partial charge is 0.497 e. The number of methoxy groups -OCH3 is 1. The van der Waals surface area contributed by atoms with Crippen molar-refractivity contribution in [3.05, 3.63) is 112 Å². The van der Waals surface area contributed by atoms with Crippen molar-refractivity contribution in [2.45, 2.75) is 6.04 Å². The Hall–Kier alpha value is -3.86. The van der Waals surface area contributed by atoms with E-state index in [1.807, 2.05) is 60.7 Å². The molecule has 1 heterocycles. The van der Waals surface area contributed by atoms with E-state index in [0.29, 0.717) is 11.0 Å². The Bertz CT molecular complexity index is 1200. The molecular formula is C24H19NO4. The third kappa shape index (κ3) is 3.89. The number of fused-ring (bicyclic) bond motifs is 1. The van der Waals surface area contributed by atoms with Crippen molar-refractivity contribution in [2.75, 3.05) is 7.11 Å². The van der Waals surface area contributed by atoms with Crippen LogP contribution in [0.4, 0.5) is 0 Å². The second-order valence-corrected chi connectivity index (χ2v) is 6.58. The smallest absolute Gasteiger partial charge is 0.349 e. The molecule has 0 aliphatic rings. The topological polar surface area (TPSA) is 68.5 Å². The zero-order valence-corrected chi connectivity index (χ0v) is 15.8. The van der Waals surface area contributed by atoms with Gasteiger partial charge in [0.15, 0.2) is 0 Å². The number of ether oxygens (including phenoxy) is 1. The van der Waals surface area contributed by atoms with Gasteiger partial charge in [0, 0.05) is 5.39 Å².